The largest absolute Gasteiger partial charge is 0.409 e. The highest BCUT2D eigenvalue weighted by Gasteiger charge is 2.41. The number of nitrogens with zero attached hydrogens (tertiary/aromatic N) is 1. The molecule has 9 heteroatoms. The number of carbonyl (C=O) groups is 1. The van der Waals surface area contributed by atoms with Gasteiger partial charge in [-0.3, -0.25) is 20.3 Å². The second-order valence-corrected chi connectivity index (χ2v) is 4.79. The average molecular weight is 339 g/mol. The van der Waals surface area contributed by atoms with E-state index in [1.807, 2.05) is 10.9 Å². The summed E-state index contributed by atoms with van der Waals surface area (Å²) in [6, 6.07) is 9.42. The summed E-state index contributed by atoms with van der Waals surface area (Å²) in [6.45, 7) is 0. The van der Waals surface area contributed by atoms with Gasteiger partial charge in [0.1, 0.15) is 6.04 Å². The Bertz CT molecular complexity index is 718. The van der Waals surface area contributed by atoms with E-state index < -0.39 is 23.0 Å². The first kappa shape index (κ1) is 17.4. The van der Waals surface area contributed by atoms with Crippen LogP contribution in [-0.4, -0.2) is 17.0 Å². The third kappa shape index (κ3) is 4.29. The number of carbonyl (C=O) groups excluding carboxylic acids is 1. The van der Waals surface area contributed by atoms with Gasteiger partial charge in [0.25, 0.3) is 11.6 Å². The van der Waals surface area contributed by atoms with Crippen LogP contribution in [0.5, 0.6) is 0 Å². The highest BCUT2D eigenvalue weighted by molar-refractivity contribution is 5.93. The van der Waals surface area contributed by atoms with Crippen molar-refractivity contribution in [2.45, 2.75) is 12.2 Å². The molecule has 1 atom stereocenters. The maximum atomic E-state index is 13.2. The minimum Gasteiger partial charge on any atom is -0.287 e. The lowest BCUT2D eigenvalue weighted by Crippen LogP contribution is -2.45. The molecule has 126 valence electrons. The van der Waals surface area contributed by atoms with Crippen LogP contribution in [0.15, 0.2) is 54.6 Å². The van der Waals surface area contributed by atoms with E-state index in [1.165, 1.54) is 12.1 Å². The molecule has 2 rings (SSSR count). The van der Waals surface area contributed by atoms with Gasteiger partial charge in [-0.05, 0) is 17.7 Å². The standard InChI is InChI=1S/C15H12F3N3O3/c16-15(17,18)13(10-6-8-12(9-7-10)21(23)24)19-20-14(22)11-4-2-1-3-5-11/h1-9,13,19H,(H,20,22). The fourth-order valence-electron chi connectivity index (χ4n) is 1.94. The zero-order chi connectivity index (χ0) is 17.7. The van der Waals surface area contributed by atoms with E-state index in [-0.39, 0.29) is 16.8 Å². The van der Waals surface area contributed by atoms with Crippen molar-refractivity contribution in [3.63, 3.8) is 0 Å². The van der Waals surface area contributed by atoms with Gasteiger partial charge < -0.3 is 0 Å². The molecule has 0 spiro atoms. The molecule has 0 saturated carbocycles. The van der Waals surface area contributed by atoms with Crippen molar-refractivity contribution in [3.05, 3.63) is 75.8 Å². The number of hydrogen-bond donors (Lipinski definition) is 2. The molecule has 0 fully saturated rings. The summed E-state index contributed by atoms with van der Waals surface area (Å²) in [7, 11) is 0. The maximum absolute atomic E-state index is 13.2. The normalized spacial score (nSPS) is 12.5. The lowest BCUT2D eigenvalue weighted by Gasteiger charge is -2.22. The number of non-ortho nitro benzene ring substituents is 1. The molecule has 0 bridgehead atoms. The average Bonchev–Trinajstić information content (AvgIpc) is 2.55. The summed E-state index contributed by atoms with van der Waals surface area (Å²) in [6.07, 6.45) is -4.71. The molecular weight excluding hydrogens is 327 g/mol. The second-order valence-electron chi connectivity index (χ2n) is 4.79. The molecule has 0 aliphatic heterocycles. The molecule has 0 aromatic heterocycles. The van der Waals surface area contributed by atoms with E-state index in [4.69, 9.17) is 0 Å². The highest BCUT2D eigenvalue weighted by atomic mass is 19.4. The number of hydrazine groups is 1. The van der Waals surface area contributed by atoms with Crippen molar-refractivity contribution >= 4 is 11.6 Å². The van der Waals surface area contributed by atoms with Gasteiger partial charge in [-0.15, -0.1) is 0 Å². The SMILES string of the molecule is O=C(NNC(c1ccc([N+](=O)[O-])cc1)C(F)(F)F)c1ccccc1. The Hall–Kier alpha value is -2.94. The van der Waals surface area contributed by atoms with E-state index >= 15 is 0 Å². The zero-order valence-corrected chi connectivity index (χ0v) is 12.1. The first-order valence-electron chi connectivity index (χ1n) is 6.71. The predicted octanol–water partition coefficient (Wildman–Crippen LogP) is 3.13. The van der Waals surface area contributed by atoms with Crippen LogP contribution in [0.2, 0.25) is 0 Å². The molecule has 6 nitrogen and oxygen atoms in total. The third-order valence-electron chi connectivity index (χ3n) is 3.13. The van der Waals surface area contributed by atoms with Crippen molar-refractivity contribution in [2.24, 2.45) is 0 Å². The Morgan fingerprint density at radius 3 is 2.12 bits per heavy atom. The van der Waals surface area contributed by atoms with Crippen LogP contribution >= 0.6 is 0 Å². The molecule has 24 heavy (non-hydrogen) atoms. The van der Waals surface area contributed by atoms with Crippen molar-refractivity contribution in [2.75, 3.05) is 0 Å². The summed E-state index contributed by atoms with van der Waals surface area (Å²) in [5.41, 5.74) is 3.53. The van der Waals surface area contributed by atoms with Gasteiger partial charge in [0.05, 0.1) is 4.92 Å². The second kappa shape index (κ2) is 7.09. The molecule has 1 unspecified atom stereocenters. The van der Waals surface area contributed by atoms with Gasteiger partial charge in [0.15, 0.2) is 0 Å². The van der Waals surface area contributed by atoms with Crippen LogP contribution in [0.4, 0.5) is 18.9 Å². The van der Waals surface area contributed by atoms with E-state index in [0.717, 1.165) is 24.3 Å². The van der Waals surface area contributed by atoms with Crippen LogP contribution in [-0.2, 0) is 0 Å². The number of nitro groups is 1. The molecule has 2 aromatic carbocycles. The van der Waals surface area contributed by atoms with Crippen LogP contribution in [0, 0.1) is 10.1 Å². The molecule has 1 amide bonds. The number of alkyl halides is 3. The Morgan fingerprint density at radius 1 is 1.04 bits per heavy atom. The fraction of sp³-hybridized carbons (Fsp3) is 0.133. The first-order valence-corrected chi connectivity index (χ1v) is 6.71. The van der Waals surface area contributed by atoms with Gasteiger partial charge in [-0.2, -0.15) is 13.2 Å². The summed E-state index contributed by atoms with van der Waals surface area (Å²) in [4.78, 5) is 21.7. The smallest absolute Gasteiger partial charge is 0.287 e. The number of rotatable bonds is 5. The summed E-state index contributed by atoms with van der Waals surface area (Å²) >= 11 is 0. The van der Waals surface area contributed by atoms with Gasteiger partial charge >= 0.3 is 6.18 Å². The number of nitrogens with one attached hydrogen (secondary N) is 2. The number of nitro benzene ring substituents is 1. The quantitative estimate of drug-likeness (QED) is 0.647. The van der Waals surface area contributed by atoms with E-state index in [1.54, 1.807) is 18.2 Å². The Balaban J connectivity index is 2.14. The molecule has 2 aromatic rings. The topological polar surface area (TPSA) is 84.3 Å². The minimum absolute atomic E-state index is 0.189. The third-order valence-corrected chi connectivity index (χ3v) is 3.13. The van der Waals surface area contributed by atoms with Gasteiger partial charge in [0, 0.05) is 17.7 Å². The van der Waals surface area contributed by atoms with Crippen LogP contribution in [0.3, 0.4) is 0 Å². The van der Waals surface area contributed by atoms with Crippen molar-refractivity contribution in [3.8, 4) is 0 Å². The summed E-state index contributed by atoms with van der Waals surface area (Å²) < 4.78 is 39.5. The molecule has 0 aliphatic carbocycles. The Morgan fingerprint density at radius 2 is 1.62 bits per heavy atom. The van der Waals surface area contributed by atoms with Crippen LogP contribution in [0.1, 0.15) is 22.0 Å². The van der Waals surface area contributed by atoms with Crippen LogP contribution < -0.4 is 10.9 Å². The van der Waals surface area contributed by atoms with Gasteiger partial charge in [-0.1, -0.05) is 30.3 Å². The molecule has 0 saturated heterocycles. The van der Waals surface area contributed by atoms with E-state index in [2.05, 4.69) is 0 Å². The van der Waals surface area contributed by atoms with Gasteiger partial charge in [0.2, 0.25) is 0 Å². The zero-order valence-electron chi connectivity index (χ0n) is 12.1. The van der Waals surface area contributed by atoms with Crippen molar-refractivity contribution in [1.82, 2.24) is 10.9 Å². The Kier molecular flexibility index (Phi) is 5.14. The minimum atomic E-state index is -4.71. The van der Waals surface area contributed by atoms with E-state index in [9.17, 15) is 28.1 Å². The summed E-state index contributed by atoms with van der Waals surface area (Å²) in [5, 5.41) is 10.6. The van der Waals surface area contributed by atoms with Gasteiger partial charge in [-0.25, -0.2) is 5.43 Å². The number of halogens is 3. The highest BCUT2D eigenvalue weighted by Crippen LogP contribution is 2.32. The van der Waals surface area contributed by atoms with Crippen molar-refractivity contribution in [1.29, 1.82) is 0 Å². The lowest BCUT2D eigenvalue weighted by atomic mass is 10.1. The molecular formula is C15H12F3N3O3. The molecule has 0 aliphatic rings. The molecule has 0 heterocycles. The molecule has 2 N–H and O–H groups in total. The van der Waals surface area contributed by atoms with Crippen LogP contribution in [0.25, 0.3) is 0 Å². The fourth-order valence-corrected chi connectivity index (χ4v) is 1.94. The number of hydrogen-bond acceptors (Lipinski definition) is 4. The summed E-state index contributed by atoms with van der Waals surface area (Å²) in [5.74, 6) is -0.730. The maximum Gasteiger partial charge on any atom is 0.409 e. The predicted molar refractivity (Wildman–Crippen MR) is 78.9 cm³/mol. The van der Waals surface area contributed by atoms with E-state index in [0.29, 0.717) is 0 Å². The number of amides is 1. The Labute approximate surface area is 134 Å². The molecule has 0 radical (unpaired) electrons. The monoisotopic (exact) mass is 339 g/mol. The lowest BCUT2D eigenvalue weighted by molar-refractivity contribution is -0.384. The first-order chi connectivity index (χ1) is 11.3. The van der Waals surface area contributed by atoms with Crippen molar-refractivity contribution < 1.29 is 22.9 Å². The number of benzene rings is 2.